The Morgan fingerprint density at radius 1 is 1.15 bits per heavy atom. The number of nitrogens with one attached hydrogen (secondary N) is 1. The standard InChI is InChI=1S/C16H32N2O2/c1-2-3-10-20-11-4-9-18-16(19)12-14-5-7-15(13-17)8-6-14/h14-15H,2-13,17H2,1H3,(H,18,19). The molecule has 0 bridgehead atoms. The number of nitrogens with two attached hydrogens (primary N) is 1. The molecule has 0 aromatic heterocycles. The molecule has 20 heavy (non-hydrogen) atoms. The van der Waals surface area contributed by atoms with Crippen molar-refractivity contribution >= 4 is 5.91 Å². The number of hydrogen-bond donors (Lipinski definition) is 2. The van der Waals surface area contributed by atoms with Crippen LogP contribution in [0.25, 0.3) is 0 Å². The summed E-state index contributed by atoms with van der Waals surface area (Å²) in [4.78, 5) is 11.8. The van der Waals surface area contributed by atoms with Crippen LogP contribution in [-0.2, 0) is 9.53 Å². The van der Waals surface area contributed by atoms with Crippen LogP contribution in [0.15, 0.2) is 0 Å². The van der Waals surface area contributed by atoms with Gasteiger partial charge in [0.2, 0.25) is 5.91 Å². The molecule has 0 aromatic carbocycles. The smallest absolute Gasteiger partial charge is 0.220 e. The van der Waals surface area contributed by atoms with Gasteiger partial charge in [0, 0.05) is 26.2 Å². The fourth-order valence-corrected chi connectivity index (χ4v) is 2.76. The second kappa shape index (κ2) is 11.1. The topological polar surface area (TPSA) is 64.3 Å². The molecule has 0 saturated heterocycles. The molecule has 4 heteroatoms. The van der Waals surface area contributed by atoms with Gasteiger partial charge in [0.05, 0.1) is 0 Å². The Balaban J connectivity index is 1.95. The first-order valence-corrected chi connectivity index (χ1v) is 8.30. The SMILES string of the molecule is CCCCOCCCNC(=O)CC1CCC(CN)CC1. The Labute approximate surface area is 123 Å². The Morgan fingerprint density at radius 2 is 1.80 bits per heavy atom. The Hall–Kier alpha value is -0.610. The van der Waals surface area contributed by atoms with Crippen LogP contribution in [0.4, 0.5) is 0 Å². The van der Waals surface area contributed by atoms with E-state index in [4.69, 9.17) is 10.5 Å². The second-order valence-electron chi connectivity index (χ2n) is 6.00. The van der Waals surface area contributed by atoms with E-state index < -0.39 is 0 Å². The molecule has 3 N–H and O–H groups in total. The summed E-state index contributed by atoms with van der Waals surface area (Å²) in [5, 5.41) is 3.00. The highest BCUT2D eigenvalue weighted by atomic mass is 16.5. The molecule has 0 spiro atoms. The first-order chi connectivity index (χ1) is 9.76. The molecule has 1 aliphatic rings. The van der Waals surface area contributed by atoms with E-state index in [2.05, 4.69) is 12.2 Å². The van der Waals surface area contributed by atoms with E-state index in [0.717, 1.165) is 52.0 Å². The average Bonchev–Trinajstić information content (AvgIpc) is 2.47. The highest BCUT2D eigenvalue weighted by Gasteiger charge is 2.21. The van der Waals surface area contributed by atoms with Gasteiger partial charge in [0.15, 0.2) is 0 Å². The van der Waals surface area contributed by atoms with Crippen molar-refractivity contribution in [2.24, 2.45) is 17.6 Å². The van der Waals surface area contributed by atoms with Gasteiger partial charge in [-0.25, -0.2) is 0 Å². The van der Waals surface area contributed by atoms with Crippen LogP contribution in [0.3, 0.4) is 0 Å². The molecule has 0 heterocycles. The zero-order chi connectivity index (χ0) is 14.6. The quantitative estimate of drug-likeness (QED) is 0.606. The van der Waals surface area contributed by atoms with Crippen molar-refractivity contribution in [3.05, 3.63) is 0 Å². The summed E-state index contributed by atoms with van der Waals surface area (Å²) in [5.74, 6) is 1.46. The number of carbonyl (C=O) groups excluding carboxylic acids is 1. The van der Waals surface area contributed by atoms with Crippen LogP contribution in [0, 0.1) is 11.8 Å². The van der Waals surface area contributed by atoms with Crippen molar-refractivity contribution in [1.29, 1.82) is 0 Å². The molecule has 1 saturated carbocycles. The number of unbranched alkanes of at least 4 members (excludes halogenated alkanes) is 1. The molecule has 0 atom stereocenters. The van der Waals surface area contributed by atoms with Crippen LogP contribution in [0.5, 0.6) is 0 Å². The largest absolute Gasteiger partial charge is 0.381 e. The zero-order valence-electron chi connectivity index (χ0n) is 13.0. The predicted octanol–water partition coefficient (Wildman–Crippen LogP) is 2.46. The lowest BCUT2D eigenvalue weighted by Crippen LogP contribution is -2.29. The van der Waals surface area contributed by atoms with Crippen LogP contribution in [0.2, 0.25) is 0 Å². The summed E-state index contributed by atoms with van der Waals surface area (Å²) in [6.45, 7) is 5.29. The van der Waals surface area contributed by atoms with Crippen molar-refractivity contribution in [2.75, 3.05) is 26.3 Å². The molecule has 1 rings (SSSR count). The molecule has 0 aliphatic heterocycles. The number of rotatable bonds is 10. The van der Waals surface area contributed by atoms with Crippen molar-refractivity contribution in [3.63, 3.8) is 0 Å². The first kappa shape index (κ1) is 17.4. The van der Waals surface area contributed by atoms with E-state index in [1.807, 2.05) is 0 Å². The van der Waals surface area contributed by atoms with Crippen molar-refractivity contribution in [1.82, 2.24) is 5.32 Å². The van der Waals surface area contributed by atoms with E-state index in [-0.39, 0.29) is 5.91 Å². The molecule has 1 fully saturated rings. The summed E-state index contributed by atoms with van der Waals surface area (Å²) < 4.78 is 5.47. The number of carbonyl (C=O) groups is 1. The van der Waals surface area contributed by atoms with Crippen LogP contribution in [0.1, 0.15) is 58.3 Å². The van der Waals surface area contributed by atoms with Gasteiger partial charge in [0.25, 0.3) is 0 Å². The number of amides is 1. The number of hydrogen-bond acceptors (Lipinski definition) is 3. The van der Waals surface area contributed by atoms with E-state index in [1.54, 1.807) is 0 Å². The van der Waals surface area contributed by atoms with Crippen molar-refractivity contribution in [3.8, 4) is 0 Å². The Kier molecular flexibility index (Phi) is 9.67. The first-order valence-electron chi connectivity index (χ1n) is 8.30. The summed E-state index contributed by atoms with van der Waals surface area (Å²) in [5.41, 5.74) is 5.68. The Bertz CT molecular complexity index is 251. The maximum Gasteiger partial charge on any atom is 0.220 e. The predicted molar refractivity (Wildman–Crippen MR) is 82.5 cm³/mol. The van der Waals surface area contributed by atoms with Gasteiger partial charge in [-0.15, -0.1) is 0 Å². The average molecular weight is 284 g/mol. The van der Waals surface area contributed by atoms with Gasteiger partial charge in [0.1, 0.15) is 0 Å². The molecular formula is C16H32N2O2. The molecule has 118 valence electrons. The fraction of sp³-hybridized carbons (Fsp3) is 0.938. The van der Waals surface area contributed by atoms with Crippen LogP contribution >= 0.6 is 0 Å². The normalized spacial score (nSPS) is 22.7. The van der Waals surface area contributed by atoms with E-state index >= 15 is 0 Å². The second-order valence-corrected chi connectivity index (χ2v) is 6.00. The third-order valence-corrected chi connectivity index (χ3v) is 4.20. The lowest BCUT2D eigenvalue weighted by atomic mass is 9.80. The van der Waals surface area contributed by atoms with E-state index in [0.29, 0.717) is 18.3 Å². The van der Waals surface area contributed by atoms with Gasteiger partial charge in [-0.05, 0) is 56.9 Å². The van der Waals surface area contributed by atoms with Crippen molar-refractivity contribution in [2.45, 2.75) is 58.3 Å². The fourth-order valence-electron chi connectivity index (χ4n) is 2.76. The highest BCUT2D eigenvalue weighted by Crippen LogP contribution is 2.29. The number of ether oxygens (including phenoxy) is 1. The third kappa shape index (κ3) is 7.85. The highest BCUT2D eigenvalue weighted by molar-refractivity contribution is 5.76. The molecule has 0 radical (unpaired) electrons. The molecule has 1 aliphatic carbocycles. The molecule has 0 unspecified atom stereocenters. The minimum atomic E-state index is 0.203. The molecular weight excluding hydrogens is 252 g/mol. The molecule has 0 aromatic rings. The van der Waals surface area contributed by atoms with Gasteiger partial charge in [-0.2, -0.15) is 0 Å². The van der Waals surface area contributed by atoms with Crippen LogP contribution < -0.4 is 11.1 Å². The minimum absolute atomic E-state index is 0.203. The lowest BCUT2D eigenvalue weighted by molar-refractivity contribution is -0.122. The zero-order valence-corrected chi connectivity index (χ0v) is 13.0. The maximum atomic E-state index is 11.8. The van der Waals surface area contributed by atoms with Gasteiger partial charge >= 0.3 is 0 Å². The summed E-state index contributed by atoms with van der Waals surface area (Å²) >= 11 is 0. The third-order valence-electron chi connectivity index (χ3n) is 4.20. The Morgan fingerprint density at radius 3 is 2.45 bits per heavy atom. The lowest BCUT2D eigenvalue weighted by Gasteiger charge is -2.27. The maximum absolute atomic E-state index is 11.8. The van der Waals surface area contributed by atoms with E-state index in [9.17, 15) is 4.79 Å². The van der Waals surface area contributed by atoms with Gasteiger partial charge in [-0.1, -0.05) is 13.3 Å². The minimum Gasteiger partial charge on any atom is -0.381 e. The monoisotopic (exact) mass is 284 g/mol. The van der Waals surface area contributed by atoms with Crippen LogP contribution in [-0.4, -0.2) is 32.2 Å². The molecule has 4 nitrogen and oxygen atoms in total. The summed E-state index contributed by atoms with van der Waals surface area (Å²) in [6.07, 6.45) is 8.61. The van der Waals surface area contributed by atoms with Gasteiger partial charge in [-0.3, -0.25) is 4.79 Å². The van der Waals surface area contributed by atoms with Crippen molar-refractivity contribution < 1.29 is 9.53 Å². The van der Waals surface area contributed by atoms with Gasteiger partial charge < -0.3 is 15.8 Å². The summed E-state index contributed by atoms with van der Waals surface area (Å²) in [6, 6.07) is 0. The summed E-state index contributed by atoms with van der Waals surface area (Å²) in [7, 11) is 0. The van der Waals surface area contributed by atoms with E-state index in [1.165, 1.54) is 19.3 Å². The molecule has 1 amide bonds.